The molecule has 0 spiro atoms. The Bertz CT molecular complexity index is 91.7. The Hall–Kier alpha value is 0.350. The molecule has 0 aliphatic carbocycles. The first-order chi connectivity index (χ1) is 5.56. The van der Waals surface area contributed by atoms with E-state index < -0.39 is 0 Å². The monoisotopic (exact) mass is 190 g/mol. The maximum absolute atomic E-state index is 2.42. The maximum atomic E-state index is 2.42. The zero-order valence-corrected chi connectivity index (χ0v) is 10.2. The van der Waals surface area contributed by atoms with E-state index in [-0.39, 0.29) is 10.0 Å². The molecular formula is C11H26S. The molecule has 0 atom stereocenters. The van der Waals surface area contributed by atoms with Crippen molar-refractivity contribution in [2.45, 2.75) is 45.4 Å². The number of rotatable bonds is 7. The first-order valence-corrected chi connectivity index (χ1v) is 8.25. The van der Waals surface area contributed by atoms with Gasteiger partial charge in [-0.05, 0) is 30.9 Å². The molecule has 0 rings (SSSR count). The highest BCUT2D eigenvalue weighted by Gasteiger charge is 2.02. The predicted molar refractivity (Wildman–Crippen MR) is 63.6 cm³/mol. The molecule has 0 N–H and O–H groups in total. The third-order valence-corrected chi connectivity index (χ3v) is 3.62. The molecule has 0 saturated carbocycles. The van der Waals surface area contributed by atoms with E-state index in [0.29, 0.717) is 0 Å². The van der Waals surface area contributed by atoms with Crippen LogP contribution in [0.4, 0.5) is 0 Å². The van der Waals surface area contributed by atoms with Crippen molar-refractivity contribution in [3.8, 4) is 0 Å². The molecule has 12 heavy (non-hydrogen) atoms. The molecule has 0 aromatic heterocycles. The Morgan fingerprint density at radius 2 is 1.25 bits per heavy atom. The average Bonchev–Trinajstić information content (AvgIpc) is 1.94. The van der Waals surface area contributed by atoms with Gasteiger partial charge in [0, 0.05) is 0 Å². The second-order valence-electron chi connectivity index (χ2n) is 4.56. The van der Waals surface area contributed by atoms with E-state index in [2.05, 4.69) is 25.7 Å². The zero-order valence-electron chi connectivity index (χ0n) is 9.36. The van der Waals surface area contributed by atoms with Gasteiger partial charge in [-0.15, -0.1) is 0 Å². The predicted octanol–water partition coefficient (Wildman–Crippen LogP) is 4.04. The van der Waals surface area contributed by atoms with E-state index in [9.17, 15) is 0 Å². The minimum Gasteiger partial charge on any atom is -0.250 e. The lowest BCUT2D eigenvalue weighted by Crippen LogP contribution is -1.98. The molecule has 0 aliphatic rings. The summed E-state index contributed by atoms with van der Waals surface area (Å²) in [5, 5.41) is 0. The van der Waals surface area contributed by atoms with E-state index in [1.165, 1.54) is 44.3 Å². The molecule has 0 bridgehead atoms. The van der Waals surface area contributed by atoms with Gasteiger partial charge >= 0.3 is 0 Å². The second kappa shape index (κ2) is 6.82. The standard InChI is InChI=1S/C11H26S/c1-5-6-7-8-9-10-11-12(2,3)4/h5-11H2,1-4H3. The third-order valence-electron chi connectivity index (χ3n) is 2.11. The van der Waals surface area contributed by atoms with Crippen LogP contribution >= 0.6 is 10.0 Å². The van der Waals surface area contributed by atoms with Crippen LogP contribution in [0, 0.1) is 0 Å². The van der Waals surface area contributed by atoms with E-state index in [1.807, 2.05) is 0 Å². The van der Waals surface area contributed by atoms with Crippen molar-refractivity contribution < 1.29 is 0 Å². The van der Waals surface area contributed by atoms with Gasteiger partial charge < -0.3 is 0 Å². The van der Waals surface area contributed by atoms with E-state index in [1.54, 1.807) is 0 Å². The highest BCUT2D eigenvalue weighted by atomic mass is 32.3. The summed E-state index contributed by atoms with van der Waals surface area (Å²) in [4.78, 5) is 0. The summed E-state index contributed by atoms with van der Waals surface area (Å²) in [5.74, 6) is 1.47. The van der Waals surface area contributed by atoms with Gasteiger partial charge in [0.2, 0.25) is 0 Å². The van der Waals surface area contributed by atoms with Gasteiger partial charge in [0.05, 0.1) is 0 Å². The van der Waals surface area contributed by atoms with Crippen LogP contribution in [0.5, 0.6) is 0 Å². The fraction of sp³-hybridized carbons (Fsp3) is 1.00. The average molecular weight is 190 g/mol. The summed E-state index contributed by atoms with van der Waals surface area (Å²) in [6.07, 6.45) is 15.9. The summed E-state index contributed by atoms with van der Waals surface area (Å²) in [6, 6.07) is 0. The molecule has 0 aliphatic heterocycles. The number of unbranched alkanes of at least 4 members (excludes halogenated alkanes) is 5. The second-order valence-corrected chi connectivity index (χ2v) is 9.15. The number of hydrogen-bond donors (Lipinski definition) is 0. The van der Waals surface area contributed by atoms with Crippen molar-refractivity contribution >= 4 is 10.0 Å². The van der Waals surface area contributed by atoms with Gasteiger partial charge in [-0.2, -0.15) is 0 Å². The highest BCUT2D eigenvalue weighted by Crippen LogP contribution is 2.35. The van der Waals surface area contributed by atoms with Crippen LogP contribution in [0.2, 0.25) is 0 Å². The lowest BCUT2D eigenvalue weighted by atomic mass is 10.1. The Morgan fingerprint density at radius 1 is 0.750 bits per heavy atom. The van der Waals surface area contributed by atoms with Crippen molar-refractivity contribution in [1.29, 1.82) is 0 Å². The van der Waals surface area contributed by atoms with Crippen LogP contribution in [-0.2, 0) is 0 Å². The molecule has 0 heterocycles. The van der Waals surface area contributed by atoms with Gasteiger partial charge in [-0.3, -0.25) is 0 Å². The molecule has 0 radical (unpaired) electrons. The molecule has 76 valence electrons. The summed E-state index contributed by atoms with van der Waals surface area (Å²) in [7, 11) is -0.217. The lowest BCUT2D eigenvalue weighted by molar-refractivity contribution is 0.626. The molecule has 0 saturated heterocycles. The number of hydrogen-bond acceptors (Lipinski definition) is 0. The quantitative estimate of drug-likeness (QED) is 0.532. The van der Waals surface area contributed by atoms with Crippen molar-refractivity contribution in [1.82, 2.24) is 0 Å². The molecule has 0 amide bonds. The van der Waals surface area contributed by atoms with Crippen molar-refractivity contribution in [3.05, 3.63) is 0 Å². The van der Waals surface area contributed by atoms with Gasteiger partial charge in [0.25, 0.3) is 0 Å². The molecule has 0 aromatic carbocycles. The lowest BCUT2D eigenvalue weighted by Gasteiger charge is -2.24. The fourth-order valence-electron chi connectivity index (χ4n) is 1.32. The Balaban J connectivity index is 3.01. The van der Waals surface area contributed by atoms with Crippen LogP contribution in [0.25, 0.3) is 0 Å². The molecule has 0 aromatic rings. The first-order valence-electron chi connectivity index (χ1n) is 5.22. The van der Waals surface area contributed by atoms with Crippen LogP contribution in [-0.4, -0.2) is 24.5 Å². The Morgan fingerprint density at radius 3 is 1.75 bits per heavy atom. The fourth-order valence-corrected chi connectivity index (χ4v) is 2.39. The summed E-state index contributed by atoms with van der Waals surface area (Å²) in [6.45, 7) is 2.28. The normalized spacial score (nSPS) is 13.3. The van der Waals surface area contributed by atoms with E-state index in [4.69, 9.17) is 0 Å². The largest absolute Gasteiger partial charge is 0.250 e. The minimum absolute atomic E-state index is 0.217. The van der Waals surface area contributed by atoms with Crippen LogP contribution in [0.1, 0.15) is 45.4 Å². The molecule has 0 unspecified atom stereocenters. The minimum atomic E-state index is -0.217. The van der Waals surface area contributed by atoms with E-state index in [0.717, 1.165) is 0 Å². The topological polar surface area (TPSA) is 0 Å². The SMILES string of the molecule is CCCCCCCCS(C)(C)C. The smallest absolute Gasteiger partial charge is 0.0235 e. The van der Waals surface area contributed by atoms with Crippen molar-refractivity contribution in [2.24, 2.45) is 0 Å². The maximum Gasteiger partial charge on any atom is -0.0235 e. The Kier molecular flexibility index (Phi) is 7.02. The molecule has 0 nitrogen and oxygen atoms in total. The van der Waals surface area contributed by atoms with Gasteiger partial charge in [0.15, 0.2) is 0 Å². The van der Waals surface area contributed by atoms with Crippen molar-refractivity contribution in [3.63, 3.8) is 0 Å². The van der Waals surface area contributed by atoms with Gasteiger partial charge in [-0.1, -0.05) is 39.0 Å². The molecule has 1 heteroatoms. The zero-order chi connectivity index (χ0) is 9.45. The van der Waals surface area contributed by atoms with Gasteiger partial charge in [-0.25, -0.2) is 10.0 Å². The summed E-state index contributed by atoms with van der Waals surface area (Å²) >= 11 is 0. The van der Waals surface area contributed by atoms with Crippen LogP contribution in [0.15, 0.2) is 0 Å². The van der Waals surface area contributed by atoms with Crippen molar-refractivity contribution in [2.75, 3.05) is 24.5 Å². The Labute approximate surface area is 80.4 Å². The molecular weight excluding hydrogens is 164 g/mol. The summed E-state index contributed by atoms with van der Waals surface area (Å²) in [5.41, 5.74) is 0. The van der Waals surface area contributed by atoms with E-state index >= 15 is 0 Å². The highest BCUT2D eigenvalue weighted by molar-refractivity contribution is 8.32. The van der Waals surface area contributed by atoms with Gasteiger partial charge in [0.1, 0.15) is 0 Å². The molecule has 0 fully saturated rings. The third kappa shape index (κ3) is 10.3. The van der Waals surface area contributed by atoms with Crippen LogP contribution < -0.4 is 0 Å². The summed E-state index contributed by atoms with van der Waals surface area (Å²) < 4.78 is 0. The first kappa shape index (κ1) is 12.3. The van der Waals surface area contributed by atoms with Crippen LogP contribution in [0.3, 0.4) is 0 Å².